The normalized spacial score (nSPS) is 18.1. The summed E-state index contributed by atoms with van der Waals surface area (Å²) in [5.74, 6) is -0.783. The second-order valence-electron chi connectivity index (χ2n) is 5.70. The summed E-state index contributed by atoms with van der Waals surface area (Å²) in [6.45, 7) is 0.350. The largest absolute Gasteiger partial charge is 0.368 e. The third-order valence-electron chi connectivity index (χ3n) is 4.19. The fourth-order valence-corrected chi connectivity index (χ4v) is 2.98. The molecule has 2 N–H and O–H groups in total. The van der Waals surface area contributed by atoms with Gasteiger partial charge in [0, 0.05) is 6.54 Å². The standard InChI is InChI=1S/C16H18N4O3/c17-15(22)13-7-3-4-8-20(13)14(21)9-19-10-18-12-6-2-1-5-11(12)16(19)23/h1-2,5-6,10,13H,3-4,7-9H2,(H2,17,22). The van der Waals surface area contributed by atoms with Crippen LogP contribution in [0.25, 0.3) is 10.9 Å². The van der Waals surface area contributed by atoms with Gasteiger partial charge < -0.3 is 10.6 Å². The van der Waals surface area contributed by atoms with Gasteiger partial charge in [-0.25, -0.2) is 4.98 Å². The van der Waals surface area contributed by atoms with Crippen molar-refractivity contribution in [3.8, 4) is 0 Å². The zero-order chi connectivity index (χ0) is 16.4. The number of piperidine rings is 1. The molecule has 7 heteroatoms. The SMILES string of the molecule is NC(=O)C1CCCCN1C(=O)Cn1cnc2ccccc2c1=O. The molecule has 1 aromatic carbocycles. The van der Waals surface area contributed by atoms with E-state index < -0.39 is 11.9 Å². The highest BCUT2D eigenvalue weighted by molar-refractivity contribution is 5.87. The van der Waals surface area contributed by atoms with Crippen LogP contribution in [-0.4, -0.2) is 38.9 Å². The molecule has 0 aliphatic carbocycles. The highest BCUT2D eigenvalue weighted by Crippen LogP contribution is 2.17. The predicted molar refractivity (Wildman–Crippen MR) is 84.5 cm³/mol. The lowest BCUT2D eigenvalue weighted by molar-refractivity contribution is -0.141. The number of carbonyl (C=O) groups excluding carboxylic acids is 2. The lowest BCUT2D eigenvalue weighted by atomic mass is 10.0. The van der Waals surface area contributed by atoms with E-state index in [2.05, 4.69) is 4.98 Å². The smallest absolute Gasteiger partial charge is 0.261 e. The van der Waals surface area contributed by atoms with Gasteiger partial charge >= 0.3 is 0 Å². The summed E-state index contributed by atoms with van der Waals surface area (Å²) >= 11 is 0. The minimum Gasteiger partial charge on any atom is -0.368 e. The summed E-state index contributed by atoms with van der Waals surface area (Å²) in [7, 11) is 0. The molecule has 7 nitrogen and oxygen atoms in total. The third-order valence-corrected chi connectivity index (χ3v) is 4.19. The number of carbonyl (C=O) groups is 2. The zero-order valence-corrected chi connectivity index (χ0v) is 12.6. The van der Waals surface area contributed by atoms with E-state index in [0.717, 1.165) is 12.8 Å². The number of nitrogens with zero attached hydrogens (tertiary/aromatic N) is 3. The van der Waals surface area contributed by atoms with Crippen LogP contribution >= 0.6 is 0 Å². The van der Waals surface area contributed by atoms with E-state index in [1.165, 1.54) is 15.8 Å². The van der Waals surface area contributed by atoms with E-state index in [0.29, 0.717) is 23.9 Å². The number of benzene rings is 1. The minimum atomic E-state index is -0.583. The van der Waals surface area contributed by atoms with Crippen molar-refractivity contribution in [1.82, 2.24) is 14.5 Å². The van der Waals surface area contributed by atoms with Crippen LogP contribution in [0.1, 0.15) is 19.3 Å². The maximum Gasteiger partial charge on any atom is 0.261 e. The summed E-state index contributed by atoms with van der Waals surface area (Å²) in [5.41, 5.74) is 5.70. The summed E-state index contributed by atoms with van der Waals surface area (Å²) in [6.07, 6.45) is 3.65. The molecule has 0 bridgehead atoms. The first-order valence-corrected chi connectivity index (χ1v) is 7.61. The van der Waals surface area contributed by atoms with E-state index in [9.17, 15) is 14.4 Å². The lowest BCUT2D eigenvalue weighted by Gasteiger charge is -2.33. The molecule has 0 saturated carbocycles. The molecule has 1 atom stereocenters. The molecular weight excluding hydrogens is 296 g/mol. The maximum atomic E-state index is 12.5. The Labute approximate surface area is 132 Å². The van der Waals surface area contributed by atoms with Crippen LogP contribution in [0.5, 0.6) is 0 Å². The molecule has 0 radical (unpaired) electrons. The fourth-order valence-electron chi connectivity index (χ4n) is 2.98. The third kappa shape index (κ3) is 2.94. The molecule has 2 amide bonds. The molecule has 2 aromatic rings. The number of rotatable bonds is 3. The molecule has 1 aliphatic heterocycles. The number of para-hydroxylation sites is 1. The van der Waals surface area contributed by atoms with Crippen molar-refractivity contribution in [3.05, 3.63) is 40.9 Å². The number of likely N-dealkylation sites (tertiary alicyclic amines) is 1. The van der Waals surface area contributed by atoms with Crippen molar-refractivity contribution in [1.29, 1.82) is 0 Å². The first-order valence-electron chi connectivity index (χ1n) is 7.61. The monoisotopic (exact) mass is 314 g/mol. The van der Waals surface area contributed by atoms with E-state index >= 15 is 0 Å². The van der Waals surface area contributed by atoms with Crippen molar-refractivity contribution in [2.24, 2.45) is 5.73 Å². The zero-order valence-electron chi connectivity index (χ0n) is 12.6. The Bertz CT molecular complexity index is 814. The van der Waals surface area contributed by atoms with Gasteiger partial charge in [0.15, 0.2) is 0 Å². The van der Waals surface area contributed by atoms with Crippen LogP contribution in [0.3, 0.4) is 0 Å². The Morgan fingerprint density at radius 1 is 1.26 bits per heavy atom. The molecule has 120 valence electrons. The van der Waals surface area contributed by atoms with E-state index in [4.69, 9.17) is 5.73 Å². The average Bonchev–Trinajstić information content (AvgIpc) is 2.57. The van der Waals surface area contributed by atoms with Gasteiger partial charge in [-0.3, -0.25) is 19.0 Å². The molecule has 1 aliphatic rings. The predicted octanol–water partition coefficient (Wildman–Crippen LogP) is 0.263. The number of amides is 2. The van der Waals surface area contributed by atoms with Crippen molar-refractivity contribution in [2.75, 3.05) is 6.54 Å². The molecule has 2 heterocycles. The van der Waals surface area contributed by atoms with Gasteiger partial charge in [-0.1, -0.05) is 12.1 Å². The molecule has 23 heavy (non-hydrogen) atoms. The Morgan fingerprint density at radius 2 is 2.04 bits per heavy atom. The number of primary amides is 1. The van der Waals surface area contributed by atoms with Crippen LogP contribution in [0.4, 0.5) is 0 Å². The fraction of sp³-hybridized carbons (Fsp3) is 0.375. The molecule has 0 spiro atoms. The molecular formula is C16H18N4O3. The molecule has 3 rings (SSSR count). The Balaban J connectivity index is 1.86. The van der Waals surface area contributed by atoms with Crippen molar-refractivity contribution in [2.45, 2.75) is 31.8 Å². The van der Waals surface area contributed by atoms with Gasteiger partial charge in [0.05, 0.1) is 17.2 Å². The molecule has 1 aromatic heterocycles. The van der Waals surface area contributed by atoms with Gasteiger partial charge in [0.25, 0.3) is 5.56 Å². The van der Waals surface area contributed by atoms with Gasteiger partial charge in [-0.05, 0) is 31.4 Å². The second kappa shape index (κ2) is 6.20. The van der Waals surface area contributed by atoms with Crippen LogP contribution in [-0.2, 0) is 16.1 Å². The number of hydrogen-bond acceptors (Lipinski definition) is 4. The van der Waals surface area contributed by atoms with E-state index in [1.54, 1.807) is 24.3 Å². The molecule has 1 saturated heterocycles. The number of fused-ring (bicyclic) bond motifs is 1. The van der Waals surface area contributed by atoms with Crippen LogP contribution in [0.2, 0.25) is 0 Å². The number of aromatic nitrogens is 2. The quantitative estimate of drug-likeness (QED) is 0.878. The van der Waals surface area contributed by atoms with E-state index in [-0.39, 0.29) is 18.0 Å². The highest BCUT2D eigenvalue weighted by Gasteiger charge is 2.30. The molecule has 1 fully saturated rings. The van der Waals surface area contributed by atoms with Crippen molar-refractivity contribution < 1.29 is 9.59 Å². The second-order valence-corrected chi connectivity index (χ2v) is 5.70. The van der Waals surface area contributed by atoms with Gasteiger partial charge in [0.2, 0.25) is 11.8 Å². The lowest BCUT2D eigenvalue weighted by Crippen LogP contribution is -2.51. The average molecular weight is 314 g/mol. The summed E-state index contributed by atoms with van der Waals surface area (Å²) < 4.78 is 1.28. The summed E-state index contributed by atoms with van der Waals surface area (Å²) in [5, 5.41) is 0.466. The van der Waals surface area contributed by atoms with Gasteiger partial charge in [-0.15, -0.1) is 0 Å². The highest BCUT2D eigenvalue weighted by atomic mass is 16.2. The Kier molecular flexibility index (Phi) is 4.10. The topological polar surface area (TPSA) is 98.3 Å². The summed E-state index contributed by atoms with van der Waals surface area (Å²) in [6, 6.07) is 6.40. The minimum absolute atomic E-state index is 0.138. The number of nitrogens with two attached hydrogens (primary N) is 1. The van der Waals surface area contributed by atoms with Gasteiger partial charge in [-0.2, -0.15) is 0 Å². The Hall–Kier alpha value is -2.70. The van der Waals surface area contributed by atoms with Crippen LogP contribution < -0.4 is 11.3 Å². The van der Waals surface area contributed by atoms with E-state index in [1.807, 2.05) is 0 Å². The van der Waals surface area contributed by atoms with Crippen molar-refractivity contribution >= 4 is 22.7 Å². The molecule has 1 unspecified atom stereocenters. The maximum absolute atomic E-state index is 12.5. The van der Waals surface area contributed by atoms with Crippen molar-refractivity contribution in [3.63, 3.8) is 0 Å². The first kappa shape index (κ1) is 15.2. The summed E-state index contributed by atoms with van der Waals surface area (Å²) in [4.78, 5) is 42.1. The van der Waals surface area contributed by atoms with Gasteiger partial charge in [0.1, 0.15) is 12.6 Å². The first-order chi connectivity index (χ1) is 11.1. The van der Waals surface area contributed by atoms with Crippen LogP contribution in [0.15, 0.2) is 35.4 Å². The number of hydrogen-bond donors (Lipinski definition) is 1. The Morgan fingerprint density at radius 3 is 2.83 bits per heavy atom. The van der Waals surface area contributed by atoms with Crippen LogP contribution in [0, 0.1) is 0 Å².